The third-order valence-electron chi connectivity index (χ3n) is 8.45. The Balaban J connectivity index is 1.54. The highest BCUT2D eigenvalue weighted by Gasteiger charge is 2.34. The molecule has 232 valence electrons. The number of carboxylic acid groups (broad SMARTS) is 1. The molecule has 10 nitrogen and oxygen atoms in total. The highest BCUT2D eigenvalue weighted by atomic mass is 32.2. The normalized spacial score (nSPS) is 20.7. The minimum Gasteiger partial charge on any atom is -0.530 e. The van der Waals surface area contributed by atoms with Crippen LogP contribution in [0, 0.1) is 11.8 Å². The molecule has 1 heterocycles. The molecule has 3 atom stereocenters. The molecule has 42 heavy (non-hydrogen) atoms. The van der Waals surface area contributed by atoms with Crippen LogP contribution in [0.1, 0.15) is 50.0 Å². The lowest BCUT2D eigenvalue weighted by atomic mass is 9.83. The van der Waals surface area contributed by atoms with Crippen molar-refractivity contribution in [3.63, 3.8) is 0 Å². The summed E-state index contributed by atoms with van der Waals surface area (Å²) in [6, 6.07) is 15.2. The first-order chi connectivity index (χ1) is 20.0. The maximum absolute atomic E-state index is 13.7. The second-order valence-electron chi connectivity index (χ2n) is 11.5. The maximum atomic E-state index is 13.7. The predicted molar refractivity (Wildman–Crippen MR) is 157 cm³/mol. The number of ether oxygens (including phenoxy) is 1. The van der Waals surface area contributed by atoms with Gasteiger partial charge < -0.3 is 24.6 Å². The third-order valence-corrected chi connectivity index (χ3v) is 12.1. The number of methoxy groups -OCH3 is 1. The number of hydrogen-bond donors (Lipinski definition) is 1. The van der Waals surface area contributed by atoms with Gasteiger partial charge in [0.25, 0.3) is 0 Å². The predicted octanol–water partition coefficient (Wildman–Crippen LogP) is 2.49. The molecule has 1 amide bonds. The van der Waals surface area contributed by atoms with Gasteiger partial charge in [-0.2, -0.15) is 4.31 Å². The van der Waals surface area contributed by atoms with Crippen molar-refractivity contribution in [2.24, 2.45) is 11.8 Å². The summed E-state index contributed by atoms with van der Waals surface area (Å²) in [5.41, 5.74) is 0.810. The Hall–Kier alpha value is -2.67. The van der Waals surface area contributed by atoms with Gasteiger partial charge in [0.15, 0.2) is 9.84 Å². The van der Waals surface area contributed by atoms with Crippen LogP contribution >= 0.6 is 0 Å². The van der Waals surface area contributed by atoms with Crippen LogP contribution in [0.2, 0.25) is 0 Å². The first-order valence-electron chi connectivity index (χ1n) is 14.5. The van der Waals surface area contributed by atoms with Crippen LogP contribution < -0.4 is 9.84 Å². The largest absolute Gasteiger partial charge is 0.530 e. The number of hydrogen-bond acceptors (Lipinski definition) is 8. The second kappa shape index (κ2) is 14.2. The Kier molecular flexibility index (Phi) is 10.9. The van der Waals surface area contributed by atoms with Crippen molar-refractivity contribution in [3.8, 4) is 5.75 Å². The van der Waals surface area contributed by atoms with Crippen LogP contribution in [0.25, 0.3) is 0 Å². The number of carbonyl (C=O) groups is 1. The molecule has 2 fully saturated rings. The van der Waals surface area contributed by atoms with Crippen LogP contribution in [-0.4, -0.2) is 88.1 Å². The zero-order valence-electron chi connectivity index (χ0n) is 24.0. The quantitative estimate of drug-likeness (QED) is 0.359. The lowest BCUT2D eigenvalue weighted by molar-refractivity contribution is -0.267. The first-order valence-corrected chi connectivity index (χ1v) is 17.8. The van der Waals surface area contributed by atoms with E-state index >= 15 is 0 Å². The lowest BCUT2D eigenvalue weighted by Crippen LogP contribution is -2.50. The molecule has 1 saturated heterocycles. The number of carbonyl (C=O) groups excluding carboxylic acids is 1. The van der Waals surface area contributed by atoms with Gasteiger partial charge >= 0.3 is 0 Å². The SMILES string of the molecule is COc1ccc(S(=O)(=O)N(CC2CCCC2)C[C@@H](O)CN(CC(c2ccccc2)C2CCCS(=O)(=O)C2)C(=O)[O-])cc1. The van der Waals surface area contributed by atoms with Crippen LogP contribution in [0.3, 0.4) is 0 Å². The number of sulfonamides is 1. The van der Waals surface area contributed by atoms with Crippen LogP contribution in [-0.2, 0) is 19.9 Å². The minimum absolute atomic E-state index is 0.0364. The molecular formula is C30H41N2O8S2-. The van der Waals surface area contributed by atoms with E-state index in [0.29, 0.717) is 18.6 Å². The fraction of sp³-hybridized carbons (Fsp3) is 0.567. The summed E-state index contributed by atoms with van der Waals surface area (Å²) < 4.78 is 58.7. The van der Waals surface area contributed by atoms with Crippen LogP contribution in [0.5, 0.6) is 5.75 Å². The van der Waals surface area contributed by atoms with Gasteiger partial charge in [0.05, 0.1) is 29.6 Å². The molecule has 2 aromatic rings. The van der Waals surface area contributed by atoms with Gasteiger partial charge in [-0.3, -0.25) is 0 Å². The molecule has 2 aromatic carbocycles. The summed E-state index contributed by atoms with van der Waals surface area (Å²) in [5, 5.41) is 23.4. The van der Waals surface area contributed by atoms with Gasteiger partial charge in [-0.15, -0.1) is 0 Å². The fourth-order valence-corrected chi connectivity index (χ4v) is 9.64. The van der Waals surface area contributed by atoms with Gasteiger partial charge in [-0.25, -0.2) is 16.8 Å². The Morgan fingerprint density at radius 2 is 1.67 bits per heavy atom. The van der Waals surface area contributed by atoms with E-state index in [9.17, 15) is 31.8 Å². The lowest BCUT2D eigenvalue weighted by Gasteiger charge is -2.37. The number of amides is 1. The van der Waals surface area contributed by atoms with Crippen molar-refractivity contribution in [3.05, 3.63) is 60.2 Å². The van der Waals surface area contributed by atoms with Crippen molar-refractivity contribution in [2.45, 2.75) is 55.4 Å². The number of rotatable bonds is 13. The summed E-state index contributed by atoms with van der Waals surface area (Å²) >= 11 is 0. The minimum atomic E-state index is -3.99. The Morgan fingerprint density at radius 1 is 1.00 bits per heavy atom. The first kappa shape index (κ1) is 32.2. The molecule has 0 spiro atoms. The summed E-state index contributed by atoms with van der Waals surface area (Å²) in [6.45, 7) is -0.506. The van der Waals surface area contributed by atoms with Gasteiger partial charge in [0.2, 0.25) is 10.0 Å². The maximum Gasteiger partial charge on any atom is 0.243 e. The third kappa shape index (κ3) is 8.46. The molecule has 0 radical (unpaired) electrons. The summed E-state index contributed by atoms with van der Waals surface area (Å²) in [7, 11) is -5.75. The van der Waals surface area contributed by atoms with Gasteiger partial charge in [0, 0.05) is 32.1 Å². The van der Waals surface area contributed by atoms with E-state index in [1.54, 1.807) is 12.1 Å². The van der Waals surface area contributed by atoms with E-state index in [4.69, 9.17) is 4.74 Å². The van der Waals surface area contributed by atoms with Crippen molar-refractivity contribution in [1.82, 2.24) is 9.21 Å². The Bertz CT molecular complexity index is 1380. The number of benzene rings is 2. The Labute approximate surface area is 249 Å². The average molecular weight is 622 g/mol. The molecule has 1 aliphatic heterocycles. The van der Waals surface area contributed by atoms with E-state index in [0.717, 1.165) is 36.1 Å². The molecule has 1 N–H and O–H groups in total. The molecule has 2 aliphatic rings. The summed E-state index contributed by atoms with van der Waals surface area (Å²) in [4.78, 5) is 13.3. The molecule has 2 unspecified atom stereocenters. The van der Waals surface area contributed by atoms with E-state index in [2.05, 4.69) is 0 Å². The molecule has 12 heteroatoms. The van der Waals surface area contributed by atoms with E-state index < -0.39 is 38.0 Å². The highest BCUT2D eigenvalue weighted by Crippen LogP contribution is 2.34. The van der Waals surface area contributed by atoms with Crippen LogP contribution in [0.4, 0.5) is 4.79 Å². The highest BCUT2D eigenvalue weighted by molar-refractivity contribution is 7.91. The van der Waals surface area contributed by atoms with Crippen LogP contribution in [0.15, 0.2) is 59.5 Å². The molecule has 4 rings (SSSR count). The zero-order chi connectivity index (χ0) is 30.3. The van der Waals surface area contributed by atoms with Gasteiger partial charge in [0.1, 0.15) is 11.8 Å². The standard InChI is InChI=1S/C30H42N2O8S2/c1-40-27-13-15-28(16-14-27)42(38,39)32(18-23-8-5-6-9-23)20-26(33)19-31(30(34)35)21-29(24-10-3-2-4-11-24)25-12-7-17-41(36,37)22-25/h2-4,10-11,13-16,23,25-26,29,33H,5-9,12,17-22H2,1H3,(H,34,35)/p-1/t25?,26-,29?/m0/s1. The molecule has 1 saturated carbocycles. The number of aliphatic hydroxyl groups is 1. The molecule has 0 aromatic heterocycles. The van der Waals surface area contributed by atoms with Gasteiger partial charge in [-0.05, 0) is 67.3 Å². The summed E-state index contributed by atoms with van der Waals surface area (Å²) in [6.07, 6.45) is 2.11. The van der Waals surface area contributed by atoms with Crippen molar-refractivity contribution in [2.75, 3.05) is 44.8 Å². The number of aliphatic hydroxyl groups excluding tert-OH is 1. The Morgan fingerprint density at radius 3 is 2.26 bits per heavy atom. The smallest absolute Gasteiger partial charge is 0.243 e. The average Bonchev–Trinajstić information content (AvgIpc) is 3.48. The summed E-state index contributed by atoms with van der Waals surface area (Å²) in [5.74, 6) is 0.0277. The van der Waals surface area contributed by atoms with E-state index in [1.807, 2.05) is 30.3 Å². The van der Waals surface area contributed by atoms with E-state index in [1.165, 1.54) is 23.5 Å². The monoisotopic (exact) mass is 621 g/mol. The van der Waals surface area contributed by atoms with E-state index in [-0.39, 0.29) is 54.4 Å². The van der Waals surface area contributed by atoms with Crippen molar-refractivity contribution >= 4 is 26.0 Å². The molecular weight excluding hydrogens is 580 g/mol. The fourth-order valence-electron chi connectivity index (χ4n) is 6.26. The van der Waals surface area contributed by atoms with Crippen molar-refractivity contribution in [1.29, 1.82) is 0 Å². The second-order valence-corrected chi connectivity index (χ2v) is 15.7. The number of sulfone groups is 1. The van der Waals surface area contributed by atoms with Crippen molar-refractivity contribution < 1.29 is 36.6 Å². The number of nitrogens with zero attached hydrogens (tertiary/aromatic N) is 2. The molecule has 0 bridgehead atoms. The molecule has 1 aliphatic carbocycles. The van der Waals surface area contributed by atoms with Gasteiger partial charge in [-0.1, -0.05) is 43.2 Å². The topological polar surface area (TPSA) is 144 Å². The zero-order valence-corrected chi connectivity index (χ0v) is 25.6.